The molecule has 1 aliphatic heterocycles. The second-order valence-electron chi connectivity index (χ2n) is 5.24. The van der Waals surface area contributed by atoms with E-state index in [4.69, 9.17) is 16.3 Å². The quantitative estimate of drug-likeness (QED) is 0.928. The maximum absolute atomic E-state index is 12.0. The van der Waals surface area contributed by atoms with Crippen LogP contribution in [0.4, 0.5) is 0 Å². The van der Waals surface area contributed by atoms with E-state index in [-0.39, 0.29) is 17.9 Å². The minimum Gasteiger partial charge on any atom is -0.378 e. The van der Waals surface area contributed by atoms with E-state index in [1.54, 1.807) is 16.9 Å². The van der Waals surface area contributed by atoms with Crippen molar-refractivity contribution < 1.29 is 9.53 Å². The molecule has 0 aliphatic carbocycles. The van der Waals surface area contributed by atoms with E-state index in [2.05, 4.69) is 15.4 Å². The van der Waals surface area contributed by atoms with E-state index in [1.165, 1.54) is 0 Å². The van der Waals surface area contributed by atoms with Gasteiger partial charge in [0.1, 0.15) is 5.02 Å². The van der Waals surface area contributed by atoms with Crippen LogP contribution in [0.1, 0.15) is 18.9 Å². The number of fused-ring (bicyclic) bond motifs is 1. The Morgan fingerprint density at radius 3 is 3.19 bits per heavy atom. The van der Waals surface area contributed by atoms with Gasteiger partial charge in [-0.2, -0.15) is 5.10 Å². The van der Waals surface area contributed by atoms with Gasteiger partial charge in [-0.3, -0.25) is 4.79 Å². The molecule has 2 aromatic rings. The number of carbonyl (C=O) groups is 1. The fourth-order valence-electron chi connectivity index (χ4n) is 2.55. The van der Waals surface area contributed by atoms with Crippen LogP contribution in [0.3, 0.4) is 0 Å². The molecular weight excluding hydrogens is 292 g/mol. The molecule has 21 heavy (non-hydrogen) atoms. The van der Waals surface area contributed by atoms with Crippen LogP contribution < -0.4 is 5.32 Å². The molecule has 2 unspecified atom stereocenters. The van der Waals surface area contributed by atoms with Crippen LogP contribution >= 0.6 is 11.6 Å². The first-order valence-corrected chi connectivity index (χ1v) is 7.40. The molecule has 112 valence electrons. The third kappa shape index (κ3) is 3.01. The highest BCUT2D eigenvalue weighted by molar-refractivity contribution is 6.33. The Morgan fingerprint density at radius 2 is 2.43 bits per heavy atom. The first-order valence-electron chi connectivity index (χ1n) is 7.02. The Bertz CT molecular complexity index is 657. The van der Waals surface area contributed by atoms with Gasteiger partial charge in [-0.1, -0.05) is 11.6 Å². The highest BCUT2D eigenvalue weighted by Crippen LogP contribution is 2.20. The summed E-state index contributed by atoms with van der Waals surface area (Å²) in [7, 11) is 0. The minimum absolute atomic E-state index is 0.00855. The summed E-state index contributed by atoms with van der Waals surface area (Å²) in [6.45, 7) is 3.18. The third-order valence-electron chi connectivity index (χ3n) is 3.79. The van der Waals surface area contributed by atoms with Crippen molar-refractivity contribution in [1.82, 2.24) is 19.9 Å². The maximum atomic E-state index is 12.0. The van der Waals surface area contributed by atoms with Crippen LogP contribution in [0.25, 0.3) is 5.65 Å². The molecule has 0 radical (unpaired) electrons. The first kappa shape index (κ1) is 14.3. The number of rotatable bonds is 4. The summed E-state index contributed by atoms with van der Waals surface area (Å²) in [4.78, 5) is 16.3. The Balaban J connectivity index is 1.55. The van der Waals surface area contributed by atoms with Gasteiger partial charge in [-0.15, -0.1) is 0 Å². The van der Waals surface area contributed by atoms with Crippen molar-refractivity contribution in [2.75, 3.05) is 13.2 Å². The van der Waals surface area contributed by atoms with Crippen LogP contribution in [0.15, 0.2) is 18.6 Å². The summed E-state index contributed by atoms with van der Waals surface area (Å²) in [5.41, 5.74) is 1.64. The van der Waals surface area contributed by atoms with Crippen LogP contribution in [0.2, 0.25) is 5.02 Å². The minimum atomic E-state index is -0.0319. The summed E-state index contributed by atoms with van der Waals surface area (Å²) in [6, 6.07) is 0. The van der Waals surface area contributed by atoms with E-state index >= 15 is 0 Å². The number of halogens is 1. The number of amides is 1. The van der Waals surface area contributed by atoms with Crippen LogP contribution in [-0.2, 0) is 16.0 Å². The number of ether oxygens (including phenoxy) is 1. The molecule has 1 saturated heterocycles. The third-order valence-corrected chi connectivity index (χ3v) is 4.06. The predicted molar refractivity (Wildman–Crippen MR) is 78.2 cm³/mol. The Kier molecular flexibility index (Phi) is 4.07. The average molecular weight is 309 g/mol. The fourth-order valence-corrected chi connectivity index (χ4v) is 2.73. The van der Waals surface area contributed by atoms with Gasteiger partial charge >= 0.3 is 0 Å². The first-order chi connectivity index (χ1) is 10.1. The van der Waals surface area contributed by atoms with Crippen LogP contribution in [0.5, 0.6) is 0 Å². The molecule has 1 fully saturated rings. The number of aromatic nitrogens is 3. The summed E-state index contributed by atoms with van der Waals surface area (Å²) in [6.07, 6.45) is 6.71. The predicted octanol–water partition coefficient (Wildman–Crippen LogP) is 1.47. The number of hydrogen-bond donors (Lipinski definition) is 1. The van der Waals surface area contributed by atoms with Crippen molar-refractivity contribution >= 4 is 23.2 Å². The van der Waals surface area contributed by atoms with Gasteiger partial charge in [-0.25, -0.2) is 9.50 Å². The maximum Gasteiger partial charge on any atom is 0.225 e. The van der Waals surface area contributed by atoms with Gasteiger partial charge in [0.05, 0.1) is 18.2 Å². The van der Waals surface area contributed by atoms with Crippen LogP contribution in [-0.4, -0.2) is 39.8 Å². The van der Waals surface area contributed by atoms with E-state index in [9.17, 15) is 4.79 Å². The van der Waals surface area contributed by atoms with Crippen molar-refractivity contribution in [3.8, 4) is 0 Å². The molecule has 1 aliphatic rings. The second kappa shape index (κ2) is 5.99. The van der Waals surface area contributed by atoms with Gasteiger partial charge in [-0.05, 0) is 25.3 Å². The molecule has 3 heterocycles. The smallest absolute Gasteiger partial charge is 0.225 e. The number of nitrogens with zero attached hydrogens (tertiary/aromatic N) is 3. The molecule has 7 heteroatoms. The standard InChI is InChI=1S/C14H17ClN4O2/c1-9-11(3-5-21-9)14(20)16-4-2-10-6-17-13-12(15)7-18-19(13)8-10/h6-9,11H,2-5H2,1H3,(H,16,20). The number of carbonyl (C=O) groups excluding carboxylic acids is 1. The van der Waals surface area contributed by atoms with Crippen molar-refractivity contribution in [2.24, 2.45) is 5.92 Å². The summed E-state index contributed by atoms with van der Waals surface area (Å²) in [5.74, 6) is 0.0340. The Hall–Kier alpha value is -1.66. The second-order valence-corrected chi connectivity index (χ2v) is 5.64. The van der Waals surface area contributed by atoms with Gasteiger partial charge in [0.15, 0.2) is 5.65 Å². The van der Waals surface area contributed by atoms with Crippen molar-refractivity contribution in [1.29, 1.82) is 0 Å². The SMILES string of the molecule is CC1OCCC1C(=O)NCCc1cnc2c(Cl)cnn2c1. The average Bonchev–Trinajstić information content (AvgIpc) is 3.05. The molecule has 1 amide bonds. The molecule has 0 aromatic carbocycles. The normalized spacial score (nSPS) is 21.8. The molecule has 0 saturated carbocycles. The molecule has 2 atom stereocenters. The van der Waals surface area contributed by atoms with Crippen molar-refractivity contribution in [3.63, 3.8) is 0 Å². The van der Waals surface area contributed by atoms with E-state index in [1.807, 2.05) is 13.1 Å². The lowest BCUT2D eigenvalue weighted by atomic mass is 10.0. The molecule has 0 spiro atoms. The van der Waals surface area contributed by atoms with E-state index in [0.717, 1.165) is 12.0 Å². The zero-order chi connectivity index (χ0) is 14.8. The summed E-state index contributed by atoms with van der Waals surface area (Å²) in [5, 5.41) is 7.60. The number of nitrogens with one attached hydrogen (secondary N) is 1. The van der Waals surface area contributed by atoms with Crippen molar-refractivity contribution in [3.05, 3.63) is 29.2 Å². The molecule has 1 N–H and O–H groups in total. The number of hydrogen-bond acceptors (Lipinski definition) is 4. The lowest BCUT2D eigenvalue weighted by Gasteiger charge is -2.13. The van der Waals surface area contributed by atoms with Gasteiger partial charge < -0.3 is 10.1 Å². The fraction of sp³-hybridized carbons (Fsp3) is 0.500. The van der Waals surface area contributed by atoms with E-state index in [0.29, 0.717) is 30.2 Å². The van der Waals surface area contributed by atoms with Crippen molar-refractivity contribution in [2.45, 2.75) is 25.9 Å². The lowest BCUT2D eigenvalue weighted by molar-refractivity contribution is -0.126. The lowest BCUT2D eigenvalue weighted by Crippen LogP contribution is -2.35. The van der Waals surface area contributed by atoms with Gasteiger partial charge in [0.25, 0.3) is 0 Å². The zero-order valence-electron chi connectivity index (χ0n) is 11.8. The Morgan fingerprint density at radius 1 is 1.57 bits per heavy atom. The molecule has 6 nitrogen and oxygen atoms in total. The van der Waals surface area contributed by atoms with Crippen LogP contribution in [0, 0.1) is 5.92 Å². The zero-order valence-corrected chi connectivity index (χ0v) is 12.5. The Labute approximate surface area is 127 Å². The highest BCUT2D eigenvalue weighted by Gasteiger charge is 2.30. The largest absolute Gasteiger partial charge is 0.378 e. The van der Waals surface area contributed by atoms with Gasteiger partial charge in [0.2, 0.25) is 5.91 Å². The topological polar surface area (TPSA) is 68.5 Å². The van der Waals surface area contributed by atoms with Gasteiger partial charge in [0, 0.05) is 25.5 Å². The molecule has 3 rings (SSSR count). The molecule has 2 aromatic heterocycles. The summed E-state index contributed by atoms with van der Waals surface area (Å²) >= 11 is 5.94. The molecular formula is C14H17ClN4O2. The summed E-state index contributed by atoms with van der Waals surface area (Å²) < 4.78 is 7.05. The highest BCUT2D eigenvalue weighted by atomic mass is 35.5. The van der Waals surface area contributed by atoms with E-state index < -0.39 is 0 Å². The molecule has 0 bridgehead atoms. The monoisotopic (exact) mass is 308 g/mol.